The van der Waals surface area contributed by atoms with Crippen molar-refractivity contribution in [3.05, 3.63) is 60.0 Å². The van der Waals surface area contributed by atoms with E-state index in [0.717, 1.165) is 30.3 Å². The molecule has 8 heteroatoms. The smallest absolute Gasteiger partial charge is 0.251 e. The number of aryl methyl sites for hydroxylation is 1. The van der Waals surface area contributed by atoms with Crippen molar-refractivity contribution < 1.29 is 4.79 Å². The van der Waals surface area contributed by atoms with Crippen molar-refractivity contribution in [3.8, 4) is 5.69 Å². The third kappa shape index (κ3) is 4.71. The zero-order valence-electron chi connectivity index (χ0n) is 16.5. The molecule has 0 unspecified atom stereocenters. The fraction of sp³-hybridized carbons (Fsp3) is 0.333. The minimum absolute atomic E-state index is 0.122. The zero-order chi connectivity index (χ0) is 20.1. The standard InChI is InChI=1S/C21H25N7O/c1-16-14-19(27-11-2-3-12-27)26-21(25-16)23-10-9-22-20(29)17-6-4-7-18(15-17)28-13-5-8-24-28/h4-8,13-15H,2-3,9-12H2,1H3,(H,22,29)(H,23,25,26). The Labute approximate surface area is 170 Å². The van der Waals surface area contributed by atoms with E-state index in [0.29, 0.717) is 24.6 Å². The van der Waals surface area contributed by atoms with Crippen LogP contribution < -0.4 is 15.5 Å². The van der Waals surface area contributed by atoms with Crippen LogP contribution in [0.4, 0.5) is 11.8 Å². The number of nitrogens with zero attached hydrogens (tertiary/aromatic N) is 5. The Morgan fingerprint density at radius 1 is 1.10 bits per heavy atom. The first-order valence-corrected chi connectivity index (χ1v) is 9.92. The van der Waals surface area contributed by atoms with Gasteiger partial charge in [0.1, 0.15) is 5.82 Å². The molecule has 0 atom stereocenters. The Morgan fingerprint density at radius 3 is 2.76 bits per heavy atom. The van der Waals surface area contributed by atoms with Crippen LogP contribution in [0.2, 0.25) is 0 Å². The summed E-state index contributed by atoms with van der Waals surface area (Å²) in [6.07, 6.45) is 5.97. The number of aromatic nitrogens is 4. The van der Waals surface area contributed by atoms with E-state index in [4.69, 9.17) is 0 Å². The molecule has 3 heterocycles. The highest BCUT2D eigenvalue weighted by molar-refractivity contribution is 5.94. The Kier molecular flexibility index (Phi) is 5.69. The average Bonchev–Trinajstić information content (AvgIpc) is 3.45. The van der Waals surface area contributed by atoms with Gasteiger partial charge in [0.25, 0.3) is 5.91 Å². The maximum absolute atomic E-state index is 12.5. The van der Waals surface area contributed by atoms with Gasteiger partial charge in [0.05, 0.1) is 5.69 Å². The van der Waals surface area contributed by atoms with Gasteiger partial charge in [0, 0.05) is 55.9 Å². The first-order chi connectivity index (χ1) is 14.2. The van der Waals surface area contributed by atoms with Crippen LogP contribution in [0.25, 0.3) is 5.69 Å². The van der Waals surface area contributed by atoms with Crippen molar-refractivity contribution in [2.75, 3.05) is 36.4 Å². The molecule has 0 aliphatic carbocycles. The van der Waals surface area contributed by atoms with Crippen molar-refractivity contribution in [3.63, 3.8) is 0 Å². The van der Waals surface area contributed by atoms with Crippen LogP contribution in [0.3, 0.4) is 0 Å². The van der Waals surface area contributed by atoms with Gasteiger partial charge in [-0.25, -0.2) is 9.67 Å². The van der Waals surface area contributed by atoms with Crippen LogP contribution in [-0.4, -0.2) is 51.8 Å². The molecule has 2 aromatic heterocycles. The summed E-state index contributed by atoms with van der Waals surface area (Å²) in [6.45, 7) is 5.09. The van der Waals surface area contributed by atoms with Gasteiger partial charge >= 0.3 is 0 Å². The molecule has 0 radical (unpaired) electrons. The summed E-state index contributed by atoms with van der Waals surface area (Å²) in [5.41, 5.74) is 2.38. The number of rotatable bonds is 7. The van der Waals surface area contributed by atoms with Crippen LogP contribution in [0.15, 0.2) is 48.8 Å². The molecule has 1 aliphatic rings. The second kappa shape index (κ2) is 8.72. The molecule has 1 amide bonds. The SMILES string of the molecule is Cc1cc(N2CCCC2)nc(NCCNC(=O)c2cccc(-n3cccn3)c2)n1. The van der Waals surface area contributed by atoms with Gasteiger partial charge < -0.3 is 15.5 Å². The number of anilines is 2. The van der Waals surface area contributed by atoms with Gasteiger partial charge in [-0.2, -0.15) is 10.1 Å². The van der Waals surface area contributed by atoms with Crippen LogP contribution in [0.1, 0.15) is 28.9 Å². The summed E-state index contributed by atoms with van der Waals surface area (Å²) < 4.78 is 1.73. The maximum atomic E-state index is 12.5. The largest absolute Gasteiger partial charge is 0.356 e. The molecular formula is C21H25N7O. The maximum Gasteiger partial charge on any atom is 0.251 e. The van der Waals surface area contributed by atoms with Crippen LogP contribution in [0.5, 0.6) is 0 Å². The Bertz CT molecular complexity index is 965. The summed E-state index contributed by atoms with van der Waals surface area (Å²) in [7, 11) is 0. The number of benzene rings is 1. The highest BCUT2D eigenvalue weighted by Gasteiger charge is 2.15. The number of amides is 1. The molecule has 0 bridgehead atoms. The van der Waals surface area contributed by atoms with E-state index in [2.05, 4.69) is 30.6 Å². The van der Waals surface area contributed by atoms with E-state index in [-0.39, 0.29) is 5.91 Å². The molecule has 29 heavy (non-hydrogen) atoms. The van der Waals surface area contributed by atoms with Crippen LogP contribution in [-0.2, 0) is 0 Å². The van der Waals surface area contributed by atoms with Crippen molar-refractivity contribution in [2.24, 2.45) is 0 Å². The highest BCUT2D eigenvalue weighted by Crippen LogP contribution is 2.19. The quantitative estimate of drug-likeness (QED) is 0.602. The number of hydrogen-bond acceptors (Lipinski definition) is 6. The number of carbonyl (C=O) groups excluding carboxylic acids is 1. The Hall–Kier alpha value is -3.42. The minimum atomic E-state index is -0.122. The van der Waals surface area contributed by atoms with Crippen molar-refractivity contribution in [1.29, 1.82) is 0 Å². The summed E-state index contributed by atoms with van der Waals surface area (Å²) >= 11 is 0. The van der Waals surface area contributed by atoms with E-state index in [1.807, 2.05) is 43.5 Å². The molecule has 150 valence electrons. The third-order valence-corrected chi connectivity index (χ3v) is 4.84. The summed E-state index contributed by atoms with van der Waals surface area (Å²) in [5, 5.41) is 10.3. The zero-order valence-corrected chi connectivity index (χ0v) is 16.5. The molecule has 2 N–H and O–H groups in total. The van der Waals surface area contributed by atoms with Gasteiger partial charge in [-0.1, -0.05) is 6.07 Å². The lowest BCUT2D eigenvalue weighted by Crippen LogP contribution is -2.29. The molecule has 1 aliphatic heterocycles. The van der Waals surface area contributed by atoms with Crippen molar-refractivity contribution >= 4 is 17.7 Å². The van der Waals surface area contributed by atoms with Crippen molar-refractivity contribution in [1.82, 2.24) is 25.1 Å². The van der Waals surface area contributed by atoms with Crippen molar-refractivity contribution in [2.45, 2.75) is 19.8 Å². The summed E-state index contributed by atoms with van der Waals surface area (Å²) in [4.78, 5) is 23.8. The molecule has 0 saturated carbocycles. The number of hydrogen-bond donors (Lipinski definition) is 2. The Balaban J connectivity index is 1.30. The number of nitrogens with one attached hydrogen (secondary N) is 2. The molecule has 1 fully saturated rings. The summed E-state index contributed by atoms with van der Waals surface area (Å²) in [5.74, 6) is 1.45. The second-order valence-corrected chi connectivity index (χ2v) is 7.07. The second-order valence-electron chi connectivity index (χ2n) is 7.07. The minimum Gasteiger partial charge on any atom is -0.356 e. The van der Waals surface area contributed by atoms with E-state index >= 15 is 0 Å². The van der Waals surface area contributed by atoms with E-state index in [1.54, 1.807) is 16.9 Å². The van der Waals surface area contributed by atoms with E-state index in [9.17, 15) is 4.79 Å². The lowest BCUT2D eigenvalue weighted by Gasteiger charge is -2.17. The molecule has 1 aromatic carbocycles. The average molecular weight is 391 g/mol. The van der Waals surface area contributed by atoms with Gasteiger partial charge in [-0.05, 0) is 44.0 Å². The van der Waals surface area contributed by atoms with E-state index < -0.39 is 0 Å². The first-order valence-electron chi connectivity index (χ1n) is 9.92. The lowest BCUT2D eigenvalue weighted by molar-refractivity contribution is 0.0955. The monoisotopic (exact) mass is 391 g/mol. The molecule has 0 spiro atoms. The predicted octanol–water partition coefficient (Wildman–Crippen LogP) is 2.41. The predicted molar refractivity (Wildman–Crippen MR) is 113 cm³/mol. The lowest BCUT2D eigenvalue weighted by atomic mass is 10.2. The topological polar surface area (TPSA) is 88.0 Å². The molecule has 1 saturated heterocycles. The van der Waals surface area contributed by atoms with Gasteiger partial charge in [-0.15, -0.1) is 0 Å². The van der Waals surface area contributed by atoms with Gasteiger partial charge in [0.2, 0.25) is 5.95 Å². The summed E-state index contributed by atoms with van der Waals surface area (Å²) in [6, 6.07) is 11.2. The highest BCUT2D eigenvalue weighted by atomic mass is 16.1. The molecular weight excluding hydrogens is 366 g/mol. The van der Waals surface area contributed by atoms with Gasteiger partial charge in [-0.3, -0.25) is 4.79 Å². The fourth-order valence-electron chi connectivity index (χ4n) is 3.40. The first kappa shape index (κ1) is 18.9. The normalized spacial score (nSPS) is 13.5. The van der Waals surface area contributed by atoms with Gasteiger partial charge in [0.15, 0.2) is 0 Å². The van der Waals surface area contributed by atoms with Crippen LogP contribution >= 0.6 is 0 Å². The fourth-order valence-corrected chi connectivity index (χ4v) is 3.40. The van der Waals surface area contributed by atoms with Crippen LogP contribution in [0, 0.1) is 6.92 Å². The van der Waals surface area contributed by atoms with E-state index in [1.165, 1.54) is 12.8 Å². The molecule has 3 aromatic rings. The molecule has 8 nitrogen and oxygen atoms in total. The Morgan fingerprint density at radius 2 is 1.97 bits per heavy atom. The number of carbonyl (C=O) groups is 1. The molecule has 4 rings (SSSR count). The third-order valence-electron chi connectivity index (χ3n) is 4.84.